The van der Waals surface area contributed by atoms with Gasteiger partial charge < -0.3 is 5.84 Å². The summed E-state index contributed by atoms with van der Waals surface area (Å²) in [6.07, 6.45) is 0. The number of thioether (sulfide) groups is 1. The van der Waals surface area contributed by atoms with Gasteiger partial charge in [0.2, 0.25) is 5.16 Å². The van der Waals surface area contributed by atoms with E-state index in [9.17, 15) is 0 Å². The lowest BCUT2D eigenvalue weighted by molar-refractivity contribution is 0.844. The molecule has 120 valence electrons. The number of nitrogens with two attached hydrogens (primary N) is 1. The second-order valence-corrected chi connectivity index (χ2v) is 7.78. The van der Waals surface area contributed by atoms with Gasteiger partial charge >= 0.3 is 0 Å². The second-order valence-electron chi connectivity index (χ2n) is 5.52. The first-order valence-electron chi connectivity index (χ1n) is 7.62. The normalized spacial score (nSPS) is 12.5. The van der Waals surface area contributed by atoms with E-state index in [1.165, 1.54) is 16.3 Å². The molecule has 0 amide bonds. The third-order valence-electron chi connectivity index (χ3n) is 3.93. The number of hydrogen-bond donors (Lipinski definition) is 1. The predicted molar refractivity (Wildman–Crippen MR) is 102 cm³/mol. The maximum Gasteiger partial charge on any atom is 0.210 e. The van der Waals surface area contributed by atoms with Crippen molar-refractivity contribution in [3.8, 4) is 10.7 Å². The van der Waals surface area contributed by atoms with Gasteiger partial charge in [-0.2, -0.15) is 0 Å². The molecule has 0 bridgehead atoms. The van der Waals surface area contributed by atoms with E-state index in [1.807, 2.05) is 17.5 Å². The smallest absolute Gasteiger partial charge is 0.210 e. The number of rotatable bonds is 4. The van der Waals surface area contributed by atoms with E-state index in [-0.39, 0.29) is 5.25 Å². The highest BCUT2D eigenvalue weighted by Crippen LogP contribution is 2.36. The Kier molecular flexibility index (Phi) is 4.00. The van der Waals surface area contributed by atoms with Crippen molar-refractivity contribution in [3.05, 3.63) is 65.5 Å². The lowest BCUT2D eigenvalue weighted by atomic mass is 10.1. The van der Waals surface area contributed by atoms with Crippen molar-refractivity contribution in [1.29, 1.82) is 0 Å². The Balaban J connectivity index is 1.60. The number of thiophene rings is 1. The van der Waals surface area contributed by atoms with Crippen molar-refractivity contribution in [2.75, 3.05) is 5.84 Å². The highest BCUT2D eigenvalue weighted by Gasteiger charge is 2.16. The molecule has 0 aliphatic rings. The lowest BCUT2D eigenvalue weighted by Gasteiger charge is -2.12. The first-order chi connectivity index (χ1) is 11.7. The van der Waals surface area contributed by atoms with E-state index in [1.54, 1.807) is 27.8 Å². The number of hydrogen-bond acceptors (Lipinski definition) is 5. The molecular formula is C18H16N4S2. The molecule has 1 unspecified atom stereocenters. The minimum atomic E-state index is 0.234. The predicted octanol–water partition coefficient (Wildman–Crippen LogP) is 4.73. The van der Waals surface area contributed by atoms with Crippen LogP contribution in [0, 0.1) is 0 Å². The van der Waals surface area contributed by atoms with E-state index in [0.717, 1.165) is 10.0 Å². The van der Waals surface area contributed by atoms with Crippen LogP contribution in [0.15, 0.2) is 65.1 Å². The molecule has 4 nitrogen and oxygen atoms in total. The zero-order chi connectivity index (χ0) is 16.5. The summed E-state index contributed by atoms with van der Waals surface area (Å²) in [5.74, 6) is 6.90. The first-order valence-corrected chi connectivity index (χ1v) is 9.38. The zero-order valence-electron chi connectivity index (χ0n) is 13.1. The van der Waals surface area contributed by atoms with Crippen molar-refractivity contribution < 1.29 is 0 Å². The Hall–Kier alpha value is -2.31. The fourth-order valence-electron chi connectivity index (χ4n) is 2.62. The van der Waals surface area contributed by atoms with Crippen LogP contribution >= 0.6 is 23.1 Å². The van der Waals surface area contributed by atoms with Gasteiger partial charge in [-0.25, -0.2) is 4.68 Å². The molecule has 0 spiro atoms. The van der Waals surface area contributed by atoms with E-state index in [4.69, 9.17) is 5.84 Å². The van der Waals surface area contributed by atoms with Gasteiger partial charge in [0, 0.05) is 5.25 Å². The van der Waals surface area contributed by atoms with Crippen molar-refractivity contribution in [2.24, 2.45) is 0 Å². The van der Waals surface area contributed by atoms with E-state index >= 15 is 0 Å². The molecule has 2 aromatic heterocycles. The largest absolute Gasteiger partial charge is 0.335 e. The molecule has 0 aliphatic heterocycles. The highest BCUT2D eigenvalue weighted by atomic mass is 32.2. The van der Waals surface area contributed by atoms with Crippen LogP contribution in [-0.4, -0.2) is 14.9 Å². The average Bonchev–Trinajstić information content (AvgIpc) is 3.25. The third kappa shape index (κ3) is 2.79. The van der Waals surface area contributed by atoms with Gasteiger partial charge in [-0.3, -0.25) is 0 Å². The van der Waals surface area contributed by atoms with E-state index in [0.29, 0.717) is 5.82 Å². The standard InChI is InChI=1S/C18H16N4S2/c1-12(14-9-8-13-5-2-3-6-15(13)11-14)24-18-21-20-17(22(18)19)16-7-4-10-23-16/h2-12H,19H2,1H3. The molecule has 1 atom stereocenters. The third-order valence-corrected chi connectivity index (χ3v) is 5.91. The molecule has 2 N–H and O–H groups in total. The van der Waals surface area contributed by atoms with Gasteiger partial charge in [0.25, 0.3) is 0 Å². The van der Waals surface area contributed by atoms with Crippen molar-refractivity contribution in [1.82, 2.24) is 14.9 Å². The zero-order valence-corrected chi connectivity index (χ0v) is 14.7. The maximum atomic E-state index is 6.19. The average molecular weight is 352 g/mol. The van der Waals surface area contributed by atoms with Crippen LogP contribution < -0.4 is 5.84 Å². The molecule has 0 radical (unpaired) electrons. The van der Waals surface area contributed by atoms with Gasteiger partial charge in [0.15, 0.2) is 5.82 Å². The van der Waals surface area contributed by atoms with E-state index < -0.39 is 0 Å². The van der Waals surface area contributed by atoms with Crippen LogP contribution in [0.1, 0.15) is 17.7 Å². The summed E-state index contributed by atoms with van der Waals surface area (Å²) in [5, 5.41) is 13.9. The summed E-state index contributed by atoms with van der Waals surface area (Å²) in [7, 11) is 0. The van der Waals surface area contributed by atoms with Crippen LogP contribution in [-0.2, 0) is 0 Å². The van der Waals surface area contributed by atoms with E-state index in [2.05, 4.69) is 59.6 Å². The minimum absolute atomic E-state index is 0.234. The molecule has 0 aliphatic carbocycles. The van der Waals surface area contributed by atoms with Crippen molar-refractivity contribution >= 4 is 33.9 Å². The van der Waals surface area contributed by atoms with Crippen molar-refractivity contribution in [2.45, 2.75) is 17.3 Å². The molecule has 4 rings (SSSR count). The highest BCUT2D eigenvalue weighted by molar-refractivity contribution is 7.99. The Morgan fingerprint density at radius 2 is 1.88 bits per heavy atom. The number of aromatic nitrogens is 3. The van der Waals surface area contributed by atoms with Crippen LogP contribution in [0.5, 0.6) is 0 Å². The SMILES string of the molecule is CC(Sc1nnc(-c2cccs2)n1N)c1ccc2ccccc2c1. The fourth-order valence-corrected chi connectivity index (χ4v) is 4.21. The number of nitrogens with zero attached hydrogens (tertiary/aromatic N) is 3. The van der Waals surface area contributed by atoms with Gasteiger partial charge in [-0.1, -0.05) is 60.3 Å². The Labute approximate surface area is 148 Å². The van der Waals surface area contributed by atoms with Gasteiger partial charge in [-0.15, -0.1) is 21.5 Å². The van der Waals surface area contributed by atoms with Gasteiger partial charge in [0.1, 0.15) is 0 Å². The molecular weight excluding hydrogens is 336 g/mol. The number of fused-ring (bicyclic) bond motifs is 1. The number of nitrogen functional groups attached to an aromatic ring is 1. The van der Waals surface area contributed by atoms with Gasteiger partial charge in [0.05, 0.1) is 4.88 Å². The van der Waals surface area contributed by atoms with Crippen LogP contribution in [0.4, 0.5) is 0 Å². The summed E-state index contributed by atoms with van der Waals surface area (Å²) in [4.78, 5) is 1.02. The monoisotopic (exact) mass is 352 g/mol. The molecule has 24 heavy (non-hydrogen) atoms. The summed E-state index contributed by atoms with van der Waals surface area (Å²) >= 11 is 3.23. The summed E-state index contributed by atoms with van der Waals surface area (Å²) in [6, 6.07) is 18.9. The summed E-state index contributed by atoms with van der Waals surface area (Å²) < 4.78 is 1.58. The van der Waals surface area contributed by atoms with Crippen LogP contribution in [0.3, 0.4) is 0 Å². The molecule has 0 saturated carbocycles. The topological polar surface area (TPSA) is 56.7 Å². The molecule has 4 aromatic rings. The Bertz CT molecular complexity index is 976. The maximum absolute atomic E-state index is 6.19. The number of benzene rings is 2. The van der Waals surface area contributed by atoms with Crippen LogP contribution in [0.25, 0.3) is 21.5 Å². The molecule has 0 saturated heterocycles. The lowest BCUT2D eigenvalue weighted by Crippen LogP contribution is -2.11. The summed E-state index contributed by atoms with van der Waals surface area (Å²) in [5.41, 5.74) is 1.25. The van der Waals surface area contributed by atoms with Crippen molar-refractivity contribution in [3.63, 3.8) is 0 Å². The molecule has 0 fully saturated rings. The Morgan fingerprint density at radius 1 is 1.04 bits per heavy atom. The van der Waals surface area contributed by atoms with Crippen LogP contribution in [0.2, 0.25) is 0 Å². The fraction of sp³-hybridized carbons (Fsp3) is 0.111. The second kappa shape index (κ2) is 6.30. The first kappa shape index (κ1) is 15.2. The minimum Gasteiger partial charge on any atom is -0.335 e. The van der Waals surface area contributed by atoms with Gasteiger partial charge in [-0.05, 0) is 34.7 Å². The Morgan fingerprint density at radius 3 is 2.67 bits per heavy atom. The molecule has 2 heterocycles. The summed E-state index contributed by atoms with van der Waals surface area (Å²) in [6.45, 7) is 2.16. The molecule has 2 aromatic carbocycles. The molecule has 6 heteroatoms. The quantitative estimate of drug-likeness (QED) is 0.426.